The highest BCUT2D eigenvalue weighted by Crippen LogP contribution is 2.12. The molecule has 0 amide bonds. The first-order valence-electron chi connectivity index (χ1n) is 5.17. The standard InChI is InChI=1S/C13H18O/c1-3-4-5-6-7-12-8-10-13(14-2)11-9-12/h6-11H,3-5H2,1-2H3/b7-6-. The van der Waals surface area contributed by atoms with Crippen LogP contribution in [0.15, 0.2) is 30.3 Å². The lowest BCUT2D eigenvalue weighted by atomic mass is 10.1. The van der Waals surface area contributed by atoms with E-state index in [1.54, 1.807) is 7.11 Å². The van der Waals surface area contributed by atoms with E-state index in [9.17, 15) is 0 Å². The molecule has 76 valence electrons. The molecule has 0 saturated carbocycles. The van der Waals surface area contributed by atoms with E-state index in [0.717, 1.165) is 5.75 Å². The first kappa shape index (κ1) is 10.8. The van der Waals surface area contributed by atoms with Gasteiger partial charge in [-0.2, -0.15) is 0 Å². The molecule has 0 N–H and O–H groups in total. The van der Waals surface area contributed by atoms with Crippen LogP contribution in [-0.2, 0) is 0 Å². The molecule has 0 saturated heterocycles. The monoisotopic (exact) mass is 190 g/mol. The zero-order valence-electron chi connectivity index (χ0n) is 8.99. The van der Waals surface area contributed by atoms with E-state index in [4.69, 9.17) is 4.74 Å². The Kier molecular flexibility index (Phi) is 4.84. The summed E-state index contributed by atoms with van der Waals surface area (Å²) in [4.78, 5) is 0. The maximum Gasteiger partial charge on any atom is 0.118 e. The minimum Gasteiger partial charge on any atom is -0.497 e. The molecule has 0 aliphatic heterocycles. The molecule has 1 heteroatoms. The molecular weight excluding hydrogens is 172 g/mol. The summed E-state index contributed by atoms with van der Waals surface area (Å²) in [6.07, 6.45) is 8.09. The van der Waals surface area contributed by atoms with Gasteiger partial charge in [-0.1, -0.05) is 44.1 Å². The van der Waals surface area contributed by atoms with Crippen LogP contribution in [0.3, 0.4) is 0 Å². The van der Waals surface area contributed by atoms with Gasteiger partial charge in [0.15, 0.2) is 0 Å². The molecule has 1 aromatic carbocycles. The van der Waals surface area contributed by atoms with E-state index in [0.29, 0.717) is 0 Å². The summed E-state index contributed by atoms with van der Waals surface area (Å²) < 4.78 is 5.09. The summed E-state index contributed by atoms with van der Waals surface area (Å²) in [5, 5.41) is 0. The largest absolute Gasteiger partial charge is 0.497 e. The molecule has 0 fully saturated rings. The number of rotatable bonds is 5. The van der Waals surface area contributed by atoms with Gasteiger partial charge >= 0.3 is 0 Å². The minimum atomic E-state index is 0.913. The molecule has 0 atom stereocenters. The summed E-state index contributed by atoms with van der Waals surface area (Å²) in [6.45, 7) is 2.21. The molecule has 0 aromatic heterocycles. The van der Waals surface area contributed by atoms with Crippen molar-refractivity contribution in [3.05, 3.63) is 35.9 Å². The summed E-state index contributed by atoms with van der Waals surface area (Å²) in [7, 11) is 1.69. The molecule has 1 aromatic rings. The topological polar surface area (TPSA) is 9.23 Å². The Morgan fingerprint density at radius 2 is 1.93 bits per heavy atom. The second-order valence-corrected chi connectivity index (χ2v) is 3.32. The maximum absolute atomic E-state index is 5.09. The third-order valence-electron chi connectivity index (χ3n) is 2.15. The van der Waals surface area contributed by atoms with Crippen molar-refractivity contribution in [2.24, 2.45) is 0 Å². The van der Waals surface area contributed by atoms with Gasteiger partial charge < -0.3 is 4.74 Å². The molecule has 0 heterocycles. The van der Waals surface area contributed by atoms with E-state index in [1.165, 1.54) is 24.8 Å². The molecule has 1 nitrogen and oxygen atoms in total. The first-order chi connectivity index (χ1) is 6.86. The highest BCUT2D eigenvalue weighted by molar-refractivity contribution is 5.50. The fourth-order valence-electron chi connectivity index (χ4n) is 1.26. The Morgan fingerprint density at radius 3 is 2.50 bits per heavy atom. The molecular formula is C13H18O. The Hall–Kier alpha value is -1.24. The van der Waals surface area contributed by atoms with Crippen LogP contribution in [0.4, 0.5) is 0 Å². The van der Waals surface area contributed by atoms with Gasteiger partial charge in [0.25, 0.3) is 0 Å². The molecule has 1 rings (SSSR count). The molecule has 0 aliphatic carbocycles. The van der Waals surface area contributed by atoms with Crippen molar-refractivity contribution in [1.82, 2.24) is 0 Å². The average molecular weight is 190 g/mol. The fourth-order valence-corrected chi connectivity index (χ4v) is 1.26. The SMILES string of the molecule is CCCC/C=C\c1ccc(OC)cc1. The van der Waals surface area contributed by atoms with Gasteiger partial charge in [-0.15, -0.1) is 0 Å². The summed E-state index contributed by atoms with van der Waals surface area (Å²) >= 11 is 0. The molecule has 0 aliphatic rings. The van der Waals surface area contributed by atoms with Crippen LogP contribution >= 0.6 is 0 Å². The molecule has 0 bridgehead atoms. The maximum atomic E-state index is 5.09. The van der Waals surface area contributed by atoms with Crippen LogP contribution in [0.1, 0.15) is 31.7 Å². The van der Waals surface area contributed by atoms with Crippen molar-refractivity contribution in [2.75, 3.05) is 7.11 Å². The number of benzene rings is 1. The highest BCUT2D eigenvalue weighted by atomic mass is 16.5. The molecule has 0 unspecified atom stereocenters. The Bertz CT molecular complexity index is 272. The third kappa shape index (κ3) is 3.65. The van der Waals surface area contributed by atoms with Gasteiger partial charge in [0.1, 0.15) is 5.75 Å². The van der Waals surface area contributed by atoms with Gasteiger partial charge in [-0.3, -0.25) is 0 Å². The number of hydrogen-bond acceptors (Lipinski definition) is 1. The molecule has 14 heavy (non-hydrogen) atoms. The van der Waals surface area contributed by atoms with Crippen LogP contribution in [-0.4, -0.2) is 7.11 Å². The Balaban J connectivity index is 2.47. The van der Waals surface area contributed by atoms with Crippen molar-refractivity contribution >= 4 is 6.08 Å². The normalized spacial score (nSPS) is 10.7. The zero-order valence-corrected chi connectivity index (χ0v) is 8.99. The van der Waals surface area contributed by atoms with Crippen molar-refractivity contribution in [2.45, 2.75) is 26.2 Å². The van der Waals surface area contributed by atoms with E-state index >= 15 is 0 Å². The predicted molar refractivity (Wildman–Crippen MR) is 61.6 cm³/mol. The lowest BCUT2D eigenvalue weighted by Gasteiger charge is -1.98. The van der Waals surface area contributed by atoms with Crippen LogP contribution in [0.5, 0.6) is 5.75 Å². The first-order valence-corrected chi connectivity index (χ1v) is 5.17. The number of ether oxygens (including phenoxy) is 1. The van der Waals surface area contributed by atoms with E-state index in [2.05, 4.69) is 31.2 Å². The number of unbranched alkanes of at least 4 members (excludes halogenated alkanes) is 2. The molecule has 0 radical (unpaired) electrons. The van der Waals surface area contributed by atoms with E-state index in [1.807, 2.05) is 12.1 Å². The molecule has 0 spiro atoms. The van der Waals surface area contributed by atoms with Gasteiger partial charge in [0.2, 0.25) is 0 Å². The zero-order chi connectivity index (χ0) is 10.2. The second-order valence-electron chi connectivity index (χ2n) is 3.32. The highest BCUT2D eigenvalue weighted by Gasteiger charge is 1.89. The van der Waals surface area contributed by atoms with Gasteiger partial charge in [-0.05, 0) is 24.1 Å². The Morgan fingerprint density at radius 1 is 1.21 bits per heavy atom. The summed E-state index contributed by atoms with van der Waals surface area (Å²) in [5.74, 6) is 0.913. The number of hydrogen-bond donors (Lipinski definition) is 0. The van der Waals surface area contributed by atoms with Crippen molar-refractivity contribution in [1.29, 1.82) is 0 Å². The fraction of sp³-hybridized carbons (Fsp3) is 0.385. The van der Waals surface area contributed by atoms with Gasteiger partial charge in [0, 0.05) is 0 Å². The van der Waals surface area contributed by atoms with Gasteiger partial charge in [-0.25, -0.2) is 0 Å². The Labute approximate surface area is 86.4 Å². The van der Waals surface area contributed by atoms with Crippen molar-refractivity contribution < 1.29 is 4.74 Å². The van der Waals surface area contributed by atoms with Crippen molar-refractivity contribution in [3.8, 4) is 5.75 Å². The van der Waals surface area contributed by atoms with Crippen LogP contribution < -0.4 is 4.74 Å². The van der Waals surface area contributed by atoms with Crippen molar-refractivity contribution in [3.63, 3.8) is 0 Å². The number of methoxy groups -OCH3 is 1. The summed E-state index contributed by atoms with van der Waals surface area (Å²) in [5.41, 5.74) is 1.24. The predicted octanol–water partition coefficient (Wildman–Crippen LogP) is 3.90. The lowest BCUT2D eigenvalue weighted by Crippen LogP contribution is -1.81. The minimum absolute atomic E-state index is 0.913. The third-order valence-corrected chi connectivity index (χ3v) is 2.15. The van der Waals surface area contributed by atoms with Crippen LogP contribution in [0, 0.1) is 0 Å². The number of allylic oxidation sites excluding steroid dienone is 1. The van der Waals surface area contributed by atoms with Gasteiger partial charge in [0.05, 0.1) is 7.11 Å². The second kappa shape index (κ2) is 6.25. The smallest absolute Gasteiger partial charge is 0.118 e. The average Bonchev–Trinajstić information content (AvgIpc) is 2.25. The lowest BCUT2D eigenvalue weighted by molar-refractivity contribution is 0.415. The van der Waals surface area contributed by atoms with E-state index in [-0.39, 0.29) is 0 Å². The van der Waals surface area contributed by atoms with Crippen LogP contribution in [0.2, 0.25) is 0 Å². The van der Waals surface area contributed by atoms with E-state index < -0.39 is 0 Å². The van der Waals surface area contributed by atoms with Crippen LogP contribution in [0.25, 0.3) is 6.08 Å². The summed E-state index contributed by atoms with van der Waals surface area (Å²) in [6, 6.07) is 8.11. The quantitative estimate of drug-likeness (QED) is 0.640.